The molecule has 1 amide bonds. The highest BCUT2D eigenvalue weighted by Crippen LogP contribution is 2.23. The van der Waals surface area contributed by atoms with Crippen LogP contribution in [0.25, 0.3) is 10.9 Å². The highest BCUT2D eigenvalue weighted by molar-refractivity contribution is 7.88. The third-order valence-electron chi connectivity index (χ3n) is 6.56. The van der Waals surface area contributed by atoms with Gasteiger partial charge in [-0.2, -0.15) is 0 Å². The van der Waals surface area contributed by atoms with Gasteiger partial charge in [-0.3, -0.25) is 4.79 Å². The fourth-order valence-electron chi connectivity index (χ4n) is 4.74. The number of carbonyl (C=O) groups excluding carboxylic acids is 1. The van der Waals surface area contributed by atoms with Crippen LogP contribution >= 0.6 is 0 Å². The summed E-state index contributed by atoms with van der Waals surface area (Å²) in [7, 11) is -3.10. The standard InChI is InChI=1S/C23H33N3O4S/c1-31(28,29)26-15-11-20(12-16-26)30-19-9-13-25(14-10-19)23(27)8-4-5-18-17-24-22-7-3-2-6-21(18)22/h2-3,6-7,17,19-20,24H,4-5,8-16H2,1H3. The Morgan fingerprint density at radius 3 is 2.39 bits per heavy atom. The van der Waals surface area contributed by atoms with Crippen molar-refractivity contribution >= 4 is 26.8 Å². The van der Waals surface area contributed by atoms with Crippen LogP contribution in [0, 0.1) is 0 Å². The van der Waals surface area contributed by atoms with E-state index in [-0.39, 0.29) is 18.1 Å². The van der Waals surface area contributed by atoms with Crippen LogP contribution in [-0.2, 0) is 26.0 Å². The molecular weight excluding hydrogens is 414 g/mol. The van der Waals surface area contributed by atoms with Crippen LogP contribution in [0.3, 0.4) is 0 Å². The number of likely N-dealkylation sites (tertiary alicyclic amines) is 1. The summed E-state index contributed by atoms with van der Waals surface area (Å²) in [5, 5.41) is 1.25. The number of aromatic nitrogens is 1. The number of sulfonamides is 1. The summed E-state index contributed by atoms with van der Waals surface area (Å²) < 4.78 is 31.0. The number of benzene rings is 1. The zero-order valence-corrected chi connectivity index (χ0v) is 19.1. The number of rotatable bonds is 7. The lowest BCUT2D eigenvalue weighted by Gasteiger charge is -2.36. The summed E-state index contributed by atoms with van der Waals surface area (Å²) in [5.74, 6) is 0.236. The number of ether oxygens (including phenoxy) is 1. The molecule has 0 atom stereocenters. The fraction of sp³-hybridized carbons (Fsp3) is 0.609. The van der Waals surface area contributed by atoms with Gasteiger partial charge in [0.2, 0.25) is 15.9 Å². The molecule has 2 saturated heterocycles. The maximum Gasteiger partial charge on any atom is 0.222 e. The molecule has 2 fully saturated rings. The smallest absolute Gasteiger partial charge is 0.222 e. The van der Waals surface area contributed by atoms with E-state index in [4.69, 9.17) is 4.74 Å². The minimum atomic E-state index is -3.10. The fourth-order valence-corrected chi connectivity index (χ4v) is 5.61. The van der Waals surface area contributed by atoms with Crippen molar-refractivity contribution in [3.8, 4) is 0 Å². The van der Waals surface area contributed by atoms with Crippen molar-refractivity contribution in [1.29, 1.82) is 0 Å². The highest BCUT2D eigenvalue weighted by atomic mass is 32.2. The van der Waals surface area contributed by atoms with E-state index in [0.29, 0.717) is 19.5 Å². The second-order valence-corrected chi connectivity index (χ2v) is 10.8. The van der Waals surface area contributed by atoms with Crippen LogP contribution in [0.5, 0.6) is 0 Å². The number of carbonyl (C=O) groups is 1. The summed E-state index contributed by atoms with van der Waals surface area (Å²) in [5.41, 5.74) is 2.42. The van der Waals surface area contributed by atoms with Gasteiger partial charge >= 0.3 is 0 Å². The number of nitrogens with zero attached hydrogens (tertiary/aromatic N) is 2. The van der Waals surface area contributed by atoms with E-state index in [1.165, 1.54) is 21.5 Å². The van der Waals surface area contributed by atoms with E-state index < -0.39 is 10.0 Å². The lowest BCUT2D eigenvalue weighted by molar-refractivity contribution is -0.135. The van der Waals surface area contributed by atoms with Crippen molar-refractivity contribution in [3.05, 3.63) is 36.0 Å². The number of hydrogen-bond acceptors (Lipinski definition) is 4. The van der Waals surface area contributed by atoms with Gasteiger partial charge in [-0.05, 0) is 50.2 Å². The van der Waals surface area contributed by atoms with Gasteiger partial charge in [0.15, 0.2) is 0 Å². The average Bonchev–Trinajstić information content (AvgIpc) is 3.17. The van der Waals surface area contributed by atoms with Crippen LogP contribution in [0.1, 0.15) is 44.1 Å². The number of nitrogens with one attached hydrogen (secondary N) is 1. The number of aromatic amines is 1. The van der Waals surface area contributed by atoms with Gasteiger partial charge in [-0.1, -0.05) is 18.2 Å². The number of hydrogen-bond donors (Lipinski definition) is 1. The Morgan fingerprint density at radius 1 is 1.06 bits per heavy atom. The molecule has 170 valence electrons. The van der Waals surface area contributed by atoms with Gasteiger partial charge in [-0.15, -0.1) is 0 Å². The number of amides is 1. The predicted octanol–water partition coefficient (Wildman–Crippen LogP) is 2.92. The number of piperidine rings is 2. The highest BCUT2D eigenvalue weighted by Gasteiger charge is 2.29. The zero-order chi connectivity index (χ0) is 21.8. The molecule has 1 N–H and O–H groups in total. The molecule has 2 aromatic rings. The monoisotopic (exact) mass is 447 g/mol. The second kappa shape index (κ2) is 9.71. The van der Waals surface area contributed by atoms with Crippen LogP contribution in [-0.4, -0.2) is 73.2 Å². The Kier molecular flexibility index (Phi) is 6.99. The molecule has 8 heteroatoms. The van der Waals surface area contributed by atoms with Gasteiger partial charge < -0.3 is 14.6 Å². The normalized spacial score (nSPS) is 19.8. The van der Waals surface area contributed by atoms with Crippen molar-refractivity contribution in [2.24, 2.45) is 0 Å². The van der Waals surface area contributed by atoms with E-state index >= 15 is 0 Å². The van der Waals surface area contributed by atoms with Crippen molar-refractivity contribution in [3.63, 3.8) is 0 Å². The van der Waals surface area contributed by atoms with Crippen LogP contribution in [0.4, 0.5) is 0 Å². The number of para-hydroxylation sites is 1. The average molecular weight is 448 g/mol. The molecule has 0 bridgehead atoms. The van der Waals surface area contributed by atoms with E-state index in [2.05, 4.69) is 23.3 Å². The first-order valence-corrected chi connectivity index (χ1v) is 13.2. The zero-order valence-electron chi connectivity index (χ0n) is 18.3. The van der Waals surface area contributed by atoms with Crippen LogP contribution in [0.2, 0.25) is 0 Å². The Bertz CT molecular complexity index is 987. The van der Waals surface area contributed by atoms with Gasteiger partial charge in [0.05, 0.1) is 18.5 Å². The van der Waals surface area contributed by atoms with Crippen molar-refractivity contribution in [1.82, 2.24) is 14.2 Å². The molecular formula is C23H33N3O4S. The molecule has 31 heavy (non-hydrogen) atoms. The SMILES string of the molecule is CS(=O)(=O)N1CCC(OC2CCN(C(=O)CCCc3c[nH]c4ccccc34)CC2)CC1. The Labute approximate surface area is 184 Å². The minimum Gasteiger partial charge on any atom is -0.375 e. The minimum absolute atomic E-state index is 0.126. The molecule has 0 unspecified atom stereocenters. The van der Waals surface area contributed by atoms with Gasteiger partial charge in [0.25, 0.3) is 0 Å². The van der Waals surface area contributed by atoms with Gasteiger partial charge in [0, 0.05) is 49.7 Å². The summed E-state index contributed by atoms with van der Waals surface area (Å²) in [4.78, 5) is 17.9. The summed E-state index contributed by atoms with van der Waals surface area (Å²) in [6, 6.07) is 8.27. The van der Waals surface area contributed by atoms with Crippen molar-refractivity contribution < 1.29 is 17.9 Å². The molecule has 2 aliphatic rings. The molecule has 0 spiro atoms. The largest absolute Gasteiger partial charge is 0.375 e. The topological polar surface area (TPSA) is 82.7 Å². The number of aryl methyl sites for hydroxylation is 1. The molecule has 1 aromatic heterocycles. The predicted molar refractivity (Wildman–Crippen MR) is 121 cm³/mol. The third kappa shape index (κ3) is 5.67. The first-order valence-electron chi connectivity index (χ1n) is 11.3. The van der Waals surface area contributed by atoms with Crippen molar-refractivity contribution in [2.45, 2.75) is 57.2 Å². The first-order chi connectivity index (χ1) is 14.9. The summed E-state index contributed by atoms with van der Waals surface area (Å²) in [6.45, 7) is 2.58. The number of H-pyrrole nitrogens is 1. The summed E-state index contributed by atoms with van der Waals surface area (Å²) >= 11 is 0. The lowest BCUT2D eigenvalue weighted by Crippen LogP contribution is -2.44. The van der Waals surface area contributed by atoms with Gasteiger partial charge in [-0.25, -0.2) is 12.7 Å². The second-order valence-electron chi connectivity index (χ2n) is 8.79. The molecule has 4 rings (SSSR count). The molecule has 0 aliphatic carbocycles. The van der Waals surface area contributed by atoms with Crippen LogP contribution < -0.4 is 0 Å². The van der Waals surface area contributed by atoms with E-state index in [1.807, 2.05) is 17.0 Å². The van der Waals surface area contributed by atoms with E-state index in [0.717, 1.165) is 57.1 Å². The molecule has 7 nitrogen and oxygen atoms in total. The van der Waals surface area contributed by atoms with Crippen molar-refractivity contribution in [2.75, 3.05) is 32.4 Å². The van der Waals surface area contributed by atoms with E-state index in [1.54, 1.807) is 0 Å². The Morgan fingerprint density at radius 2 is 1.71 bits per heavy atom. The maximum atomic E-state index is 12.6. The van der Waals surface area contributed by atoms with Gasteiger partial charge in [0.1, 0.15) is 0 Å². The summed E-state index contributed by atoms with van der Waals surface area (Å²) in [6.07, 6.45) is 9.18. The third-order valence-corrected chi connectivity index (χ3v) is 7.86. The van der Waals surface area contributed by atoms with E-state index in [9.17, 15) is 13.2 Å². The maximum absolute atomic E-state index is 12.6. The molecule has 0 saturated carbocycles. The molecule has 3 heterocycles. The van der Waals surface area contributed by atoms with Crippen LogP contribution in [0.15, 0.2) is 30.5 Å². The first kappa shape index (κ1) is 22.3. The molecule has 0 radical (unpaired) electrons. The quantitative estimate of drug-likeness (QED) is 0.708. The lowest BCUT2D eigenvalue weighted by atomic mass is 10.0. The Balaban J connectivity index is 1.16. The molecule has 1 aromatic carbocycles. The molecule has 2 aliphatic heterocycles. The Hall–Kier alpha value is -1.90. The number of fused-ring (bicyclic) bond motifs is 1.